The van der Waals surface area contributed by atoms with E-state index in [-0.39, 0.29) is 0 Å². The second kappa shape index (κ2) is 9.10. The Morgan fingerprint density at radius 2 is 1.68 bits per heavy atom. The second-order valence-electron chi connectivity index (χ2n) is 7.34. The van der Waals surface area contributed by atoms with Crippen LogP contribution in [0.4, 0.5) is 5.69 Å². The number of rotatable bonds is 5. The quantitative estimate of drug-likeness (QED) is 0.462. The van der Waals surface area contributed by atoms with Gasteiger partial charge in [0, 0.05) is 66.4 Å². The molecule has 0 atom stereocenters. The number of hydrogen-bond donors (Lipinski definition) is 0. The summed E-state index contributed by atoms with van der Waals surface area (Å²) in [6, 6.07) is 12.7. The molecule has 4 rings (SSSR count). The molecule has 0 N–H and O–H groups in total. The maximum absolute atomic E-state index is 6.16. The molecule has 2 aromatic carbocycles. The van der Waals surface area contributed by atoms with Gasteiger partial charge < -0.3 is 4.90 Å². The minimum Gasteiger partial charge on any atom is -0.369 e. The zero-order chi connectivity index (χ0) is 19.5. The van der Waals surface area contributed by atoms with Crippen LogP contribution in [0.1, 0.15) is 11.1 Å². The number of hydrogen-bond acceptors (Lipinski definition) is 4. The summed E-state index contributed by atoms with van der Waals surface area (Å²) in [6.45, 7) is 11.1. The van der Waals surface area contributed by atoms with E-state index in [1.165, 1.54) is 16.8 Å². The van der Waals surface area contributed by atoms with Gasteiger partial charge in [0.2, 0.25) is 0 Å². The zero-order valence-corrected chi connectivity index (χ0v) is 18.2. The summed E-state index contributed by atoms with van der Waals surface area (Å²) in [5.74, 6) is 0. The number of anilines is 1. The van der Waals surface area contributed by atoms with Crippen molar-refractivity contribution in [1.82, 2.24) is 9.21 Å². The molecule has 0 aromatic heterocycles. The summed E-state index contributed by atoms with van der Waals surface area (Å²) < 4.78 is 2.40. The van der Waals surface area contributed by atoms with E-state index in [4.69, 9.17) is 23.2 Å². The average Bonchev–Trinajstić information content (AvgIpc) is 2.67. The van der Waals surface area contributed by atoms with Crippen LogP contribution in [0.3, 0.4) is 0 Å². The molecular formula is C22H25Cl2N3S. The SMILES string of the molecule is C=CCN1CCN(c2ccc3c(c2)CN(Sc2cc(Cl)cc(Cl)c2)CC3)CC1. The van der Waals surface area contributed by atoms with Crippen molar-refractivity contribution in [3.63, 3.8) is 0 Å². The molecule has 0 unspecified atom stereocenters. The van der Waals surface area contributed by atoms with Gasteiger partial charge in [-0.1, -0.05) is 35.3 Å². The Balaban J connectivity index is 1.43. The van der Waals surface area contributed by atoms with Gasteiger partial charge in [0.25, 0.3) is 0 Å². The van der Waals surface area contributed by atoms with Crippen LogP contribution < -0.4 is 4.90 Å². The molecule has 2 aliphatic rings. The predicted octanol–water partition coefficient (Wildman–Crippen LogP) is 5.37. The van der Waals surface area contributed by atoms with Gasteiger partial charge in [-0.2, -0.15) is 0 Å². The van der Waals surface area contributed by atoms with Crippen molar-refractivity contribution in [3.8, 4) is 0 Å². The van der Waals surface area contributed by atoms with E-state index in [2.05, 4.69) is 38.9 Å². The predicted molar refractivity (Wildman–Crippen MR) is 122 cm³/mol. The van der Waals surface area contributed by atoms with Gasteiger partial charge in [-0.05, 0) is 59.8 Å². The molecule has 1 fully saturated rings. The Labute approximate surface area is 182 Å². The third-order valence-electron chi connectivity index (χ3n) is 5.36. The van der Waals surface area contributed by atoms with Crippen LogP contribution in [0.2, 0.25) is 10.0 Å². The molecule has 2 aromatic rings. The van der Waals surface area contributed by atoms with E-state index >= 15 is 0 Å². The van der Waals surface area contributed by atoms with Gasteiger partial charge in [-0.3, -0.25) is 4.90 Å². The fourth-order valence-electron chi connectivity index (χ4n) is 3.89. The van der Waals surface area contributed by atoms with Gasteiger partial charge >= 0.3 is 0 Å². The van der Waals surface area contributed by atoms with E-state index < -0.39 is 0 Å². The summed E-state index contributed by atoms with van der Waals surface area (Å²) in [7, 11) is 0. The zero-order valence-electron chi connectivity index (χ0n) is 15.9. The van der Waals surface area contributed by atoms with Gasteiger partial charge in [-0.25, -0.2) is 4.31 Å². The van der Waals surface area contributed by atoms with Crippen LogP contribution in [0.25, 0.3) is 0 Å². The van der Waals surface area contributed by atoms with Crippen LogP contribution in [0.15, 0.2) is 53.9 Å². The second-order valence-corrected chi connectivity index (χ2v) is 9.38. The lowest BCUT2D eigenvalue weighted by Gasteiger charge is -2.36. The summed E-state index contributed by atoms with van der Waals surface area (Å²) in [5.41, 5.74) is 4.24. The highest BCUT2D eigenvalue weighted by atomic mass is 35.5. The third kappa shape index (κ3) is 4.87. The Kier molecular flexibility index (Phi) is 6.54. The van der Waals surface area contributed by atoms with Gasteiger partial charge in [0.05, 0.1) is 0 Å². The van der Waals surface area contributed by atoms with E-state index in [1.807, 2.05) is 18.2 Å². The molecule has 2 heterocycles. The van der Waals surface area contributed by atoms with Crippen LogP contribution in [-0.4, -0.2) is 48.5 Å². The van der Waals surface area contributed by atoms with Gasteiger partial charge in [0.1, 0.15) is 0 Å². The lowest BCUT2D eigenvalue weighted by Crippen LogP contribution is -2.46. The smallest absolute Gasteiger partial charge is 0.0432 e. The van der Waals surface area contributed by atoms with Crippen molar-refractivity contribution in [2.75, 3.05) is 44.2 Å². The molecule has 3 nitrogen and oxygen atoms in total. The molecule has 28 heavy (non-hydrogen) atoms. The number of fused-ring (bicyclic) bond motifs is 1. The highest BCUT2D eigenvalue weighted by Crippen LogP contribution is 2.33. The fourth-order valence-corrected chi connectivity index (χ4v) is 5.59. The molecular weight excluding hydrogens is 409 g/mol. The normalized spacial score (nSPS) is 18.1. The number of piperazine rings is 1. The first-order chi connectivity index (χ1) is 13.6. The van der Waals surface area contributed by atoms with Crippen molar-refractivity contribution in [2.45, 2.75) is 17.9 Å². The molecule has 2 aliphatic heterocycles. The van der Waals surface area contributed by atoms with Crippen LogP contribution >= 0.6 is 35.1 Å². The number of nitrogens with zero attached hydrogens (tertiary/aromatic N) is 3. The van der Waals surface area contributed by atoms with Crippen LogP contribution in [0, 0.1) is 0 Å². The van der Waals surface area contributed by atoms with Gasteiger partial charge in [-0.15, -0.1) is 6.58 Å². The monoisotopic (exact) mass is 433 g/mol. The van der Waals surface area contributed by atoms with E-state index in [0.717, 1.165) is 57.1 Å². The van der Waals surface area contributed by atoms with Crippen molar-refractivity contribution in [1.29, 1.82) is 0 Å². The summed E-state index contributed by atoms with van der Waals surface area (Å²) in [6.07, 6.45) is 3.07. The Morgan fingerprint density at radius 3 is 2.39 bits per heavy atom. The molecule has 6 heteroatoms. The standard InChI is InChI=1S/C22H25Cl2N3S/c1-2-6-25-8-10-26(11-9-25)21-4-3-17-5-7-27(16-18(17)12-21)28-22-14-19(23)13-20(24)15-22/h2-4,12-15H,1,5-11,16H2. The third-order valence-corrected chi connectivity index (χ3v) is 6.82. The molecule has 0 radical (unpaired) electrons. The van der Waals surface area contributed by atoms with Crippen molar-refractivity contribution in [2.24, 2.45) is 0 Å². The van der Waals surface area contributed by atoms with E-state index in [1.54, 1.807) is 18.0 Å². The van der Waals surface area contributed by atoms with Crippen molar-refractivity contribution in [3.05, 3.63) is 70.2 Å². The Morgan fingerprint density at radius 1 is 0.929 bits per heavy atom. The molecule has 0 aliphatic carbocycles. The molecule has 0 amide bonds. The lowest BCUT2D eigenvalue weighted by atomic mass is 10.00. The Hall–Kier alpha value is -1.17. The number of benzene rings is 2. The van der Waals surface area contributed by atoms with Crippen molar-refractivity contribution < 1.29 is 0 Å². The van der Waals surface area contributed by atoms with E-state index in [0.29, 0.717) is 10.0 Å². The van der Waals surface area contributed by atoms with Crippen LogP contribution in [0.5, 0.6) is 0 Å². The molecule has 148 valence electrons. The highest BCUT2D eigenvalue weighted by molar-refractivity contribution is 7.97. The van der Waals surface area contributed by atoms with Crippen LogP contribution in [-0.2, 0) is 13.0 Å². The molecule has 0 bridgehead atoms. The summed E-state index contributed by atoms with van der Waals surface area (Å²) >= 11 is 14.0. The topological polar surface area (TPSA) is 9.72 Å². The first-order valence-electron chi connectivity index (χ1n) is 9.70. The highest BCUT2D eigenvalue weighted by Gasteiger charge is 2.21. The molecule has 0 saturated carbocycles. The number of halogens is 2. The average molecular weight is 434 g/mol. The summed E-state index contributed by atoms with van der Waals surface area (Å²) in [5, 5.41) is 1.37. The maximum Gasteiger partial charge on any atom is 0.0432 e. The fraction of sp³-hybridized carbons (Fsp3) is 0.364. The molecule has 0 spiro atoms. The van der Waals surface area contributed by atoms with Crippen molar-refractivity contribution >= 4 is 40.8 Å². The lowest BCUT2D eigenvalue weighted by molar-refractivity contribution is 0.284. The first-order valence-corrected chi connectivity index (χ1v) is 11.2. The maximum atomic E-state index is 6.16. The minimum atomic E-state index is 0.685. The molecule has 1 saturated heterocycles. The van der Waals surface area contributed by atoms with Gasteiger partial charge in [0.15, 0.2) is 0 Å². The summed E-state index contributed by atoms with van der Waals surface area (Å²) in [4.78, 5) is 6.05. The Bertz CT molecular complexity index is 829. The first kappa shape index (κ1) is 20.1. The van der Waals surface area contributed by atoms with E-state index in [9.17, 15) is 0 Å². The minimum absolute atomic E-state index is 0.685. The largest absolute Gasteiger partial charge is 0.369 e.